The van der Waals surface area contributed by atoms with Gasteiger partial charge in [-0.1, -0.05) is 60.7 Å². The van der Waals surface area contributed by atoms with Crippen molar-refractivity contribution in [2.45, 2.75) is 68.4 Å². The molecule has 0 amide bonds. The fraction of sp³-hybridized carbons (Fsp3) is 0.441. The molecule has 1 saturated heterocycles. The van der Waals surface area contributed by atoms with Crippen LogP contribution in [0.15, 0.2) is 66.7 Å². The number of aromatic hydroxyl groups is 1. The van der Waals surface area contributed by atoms with Crippen LogP contribution in [-0.2, 0) is 38.8 Å². The second kappa shape index (κ2) is 10.6. The number of esters is 1. The van der Waals surface area contributed by atoms with Crippen LogP contribution in [0.2, 0.25) is 0 Å². The van der Waals surface area contributed by atoms with Crippen LogP contribution in [0.3, 0.4) is 0 Å². The Morgan fingerprint density at radius 2 is 1.79 bits per heavy atom. The van der Waals surface area contributed by atoms with E-state index in [0.29, 0.717) is 18.6 Å². The Bertz CT molecular complexity index is 1650. The highest BCUT2D eigenvalue weighted by atomic mass is 32.2. The number of carbonyl (C=O) groups is 1. The van der Waals surface area contributed by atoms with E-state index >= 15 is 0 Å². The van der Waals surface area contributed by atoms with E-state index in [2.05, 4.69) is 29.2 Å². The Labute approximate surface area is 253 Å². The zero-order valence-electron chi connectivity index (χ0n) is 24.6. The van der Waals surface area contributed by atoms with Gasteiger partial charge in [-0.3, -0.25) is 9.69 Å². The van der Waals surface area contributed by atoms with E-state index < -0.39 is 33.6 Å². The van der Waals surface area contributed by atoms with E-state index in [1.165, 1.54) is 22.9 Å². The van der Waals surface area contributed by atoms with Gasteiger partial charge in [-0.15, -0.1) is 0 Å². The first-order valence-electron chi connectivity index (χ1n) is 15.2. The average molecular weight is 603 g/mol. The van der Waals surface area contributed by atoms with Crippen LogP contribution >= 0.6 is 0 Å². The minimum absolute atomic E-state index is 0.0858. The summed E-state index contributed by atoms with van der Waals surface area (Å²) < 4.78 is 41.5. The van der Waals surface area contributed by atoms with Crippen LogP contribution in [0.1, 0.15) is 48.4 Å². The molecule has 1 N–H and O–H groups in total. The third kappa shape index (κ3) is 4.64. The number of likely N-dealkylation sites (tertiary alicyclic amines) is 1. The molecule has 0 radical (unpaired) electrons. The van der Waals surface area contributed by atoms with Crippen LogP contribution in [-0.4, -0.2) is 67.0 Å². The number of carbonyl (C=O) groups excluding carboxylic acids is 1. The second-order valence-corrected chi connectivity index (χ2v) is 14.6. The quantitative estimate of drug-likeness (QED) is 0.301. The molecule has 2 fully saturated rings. The van der Waals surface area contributed by atoms with Crippen molar-refractivity contribution >= 4 is 16.0 Å². The topological polar surface area (TPSA) is 96.4 Å². The summed E-state index contributed by atoms with van der Waals surface area (Å²) in [7, 11) is -1.98. The standard InChI is InChI=1S/C34H38N2O6S/c1-22(37)41-30-20-29(38)25-19-28-26-13-14-27(35(2)43(39,40)21-24-11-7-4-8-12-24)33-34(26,31(25)32(30)42-33)16-18-36(28)17-15-23-9-5-3-6-10-23/h3-12,20,26-28,33,38H,13-19,21H2,1-2H3/t26-,27-,28+,33-,34-/m0/s1. The molecule has 2 heterocycles. The zero-order chi connectivity index (χ0) is 29.9. The van der Waals surface area contributed by atoms with Crippen LogP contribution in [0.25, 0.3) is 0 Å². The molecule has 8 nitrogen and oxygen atoms in total. The Hall–Kier alpha value is -3.40. The molecule has 226 valence electrons. The maximum Gasteiger partial charge on any atom is 0.308 e. The SMILES string of the molecule is CC(=O)Oc1cc(O)c2c3c1O[C@H]1[C@@H](N(C)S(=O)(=O)Cc4ccccc4)CC[C@H]4[C@@H](C2)N(CCc2ccccc2)CC[C@@]341. The van der Waals surface area contributed by atoms with E-state index in [0.717, 1.165) is 49.0 Å². The summed E-state index contributed by atoms with van der Waals surface area (Å²) in [4.78, 5) is 14.6. The van der Waals surface area contributed by atoms with Crippen LogP contribution in [0.5, 0.6) is 17.2 Å². The third-order valence-electron chi connectivity index (χ3n) is 10.4. The summed E-state index contributed by atoms with van der Waals surface area (Å²) in [5, 5.41) is 11.3. The predicted molar refractivity (Wildman–Crippen MR) is 163 cm³/mol. The Morgan fingerprint density at radius 1 is 1.09 bits per heavy atom. The van der Waals surface area contributed by atoms with Crippen LogP contribution in [0, 0.1) is 5.92 Å². The highest BCUT2D eigenvalue weighted by Crippen LogP contribution is 2.65. The number of likely N-dealkylation sites (N-methyl/N-ethyl adjacent to an activating group) is 1. The molecule has 2 aliphatic carbocycles. The van der Waals surface area contributed by atoms with Crippen LogP contribution in [0.4, 0.5) is 0 Å². The van der Waals surface area contributed by atoms with E-state index in [1.807, 2.05) is 36.4 Å². The van der Waals surface area contributed by atoms with E-state index in [-0.39, 0.29) is 29.2 Å². The van der Waals surface area contributed by atoms with Gasteiger partial charge in [-0.25, -0.2) is 8.42 Å². The highest BCUT2D eigenvalue weighted by molar-refractivity contribution is 7.88. The molecule has 3 aromatic carbocycles. The monoisotopic (exact) mass is 602 g/mol. The van der Waals surface area contributed by atoms with Crippen molar-refractivity contribution in [3.8, 4) is 17.2 Å². The maximum absolute atomic E-state index is 13.8. The molecule has 0 aromatic heterocycles. The molecule has 0 unspecified atom stereocenters. The molecule has 9 heteroatoms. The lowest BCUT2D eigenvalue weighted by molar-refractivity contribution is -0.132. The second-order valence-electron chi connectivity index (χ2n) is 12.6. The van der Waals surface area contributed by atoms with Gasteiger partial charge in [0.25, 0.3) is 0 Å². The van der Waals surface area contributed by atoms with Gasteiger partial charge in [0.1, 0.15) is 11.9 Å². The van der Waals surface area contributed by atoms with Gasteiger partial charge in [-0.2, -0.15) is 4.31 Å². The predicted octanol–water partition coefficient (Wildman–Crippen LogP) is 4.43. The molecular weight excluding hydrogens is 564 g/mol. The smallest absolute Gasteiger partial charge is 0.308 e. The van der Waals surface area contributed by atoms with Crippen molar-refractivity contribution in [1.29, 1.82) is 0 Å². The summed E-state index contributed by atoms with van der Waals surface area (Å²) in [6, 6.07) is 21.0. The third-order valence-corrected chi connectivity index (χ3v) is 12.2. The summed E-state index contributed by atoms with van der Waals surface area (Å²) in [5.74, 6) is 0.465. The molecule has 7 rings (SSSR count). The van der Waals surface area contributed by atoms with Crippen molar-refractivity contribution in [1.82, 2.24) is 9.21 Å². The molecule has 4 aliphatic rings. The van der Waals surface area contributed by atoms with Gasteiger partial charge < -0.3 is 14.6 Å². The normalized spacial score (nSPS) is 27.4. The number of sulfonamides is 1. The average Bonchev–Trinajstić information content (AvgIpc) is 3.33. The Morgan fingerprint density at radius 3 is 2.49 bits per heavy atom. The lowest BCUT2D eigenvalue weighted by atomic mass is 9.51. The fourth-order valence-electron chi connectivity index (χ4n) is 8.54. The van der Waals surface area contributed by atoms with Crippen molar-refractivity contribution < 1.29 is 27.8 Å². The minimum Gasteiger partial charge on any atom is -0.508 e. The summed E-state index contributed by atoms with van der Waals surface area (Å²) in [6.45, 7) is 3.09. The zero-order valence-corrected chi connectivity index (χ0v) is 25.4. The van der Waals surface area contributed by atoms with Crippen molar-refractivity contribution in [3.05, 3.63) is 89.0 Å². The van der Waals surface area contributed by atoms with Gasteiger partial charge in [0.05, 0.1) is 11.8 Å². The number of ether oxygens (including phenoxy) is 2. The molecule has 2 bridgehead atoms. The lowest BCUT2D eigenvalue weighted by Gasteiger charge is -2.60. The number of rotatable bonds is 8. The lowest BCUT2D eigenvalue weighted by Crippen LogP contribution is -2.69. The Kier molecular flexibility index (Phi) is 7.02. The molecular formula is C34H38N2O6S. The summed E-state index contributed by atoms with van der Waals surface area (Å²) in [6.07, 6.45) is 3.46. The maximum atomic E-state index is 13.8. The molecule has 43 heavy (non-hydrogen) atoms. The molecule has 5 atom stereocenters. The van der Waals surface area contributed by atoms with E-state index in [9.17, 15) is 18.3 Å². The van der Waals surface area contributed by atoms with Gasteiger partial charge >= 0.3 is 5.97 Å². The van der Waals surface area contributed by atoms with Crippen molar-refractivity contribution in [2.75, 3.05) is 20.1 Å². The molecule has 1 saturated carbocycles. The first-order valence-corrected chi connectivity index (χ1v) is 16.8. The highest BCUT2D eigenvalue weighted by Gasteiger charge is 2.67. The minimum atomic E-state index is -3.66. The number of hydrogen-bond acceptors (Lipinski definition) is 7. The number of nitrogens with zero attached hydrogens (tertiary/aromatic N) is 2. The van der Waals surface area contributed by atoms with Gasteiger partial charge in [0.2, 0.25) is 10.0 Å². The largest absolute Gasteiger partial charge is 0.508 e. The number of hydrogen-bond donors (Lipinski definition) is 1. The van der Waals surface area contributed by atoms with Gasteiger partial charge in [0, 0.05) is 49.2 Å². The number of piperidine rings is 1. The summed E-state index contributed by atoms with van der Waals surface area (Å²) >= 11 is 0. The van der Waals surface area contributed by atoms with Gasteiger partial charge in [0.15, 0.2) is 11.5 Å². The number of phenols is 1. The molecule has 1 spiro atoms. The summed E-state index contributed by atoms with van der Waals surface area (Å²) in [5.41, 5.74) is 3.33. The van der Waals surface area contributed by atoms with E-state index in [1.54, 1.807) is 7.05 Å². The first-order chi connectivity index (χ1) is 20.7. The van der Waals surface area contributed by atoms with Crippen molar-refractivity contribution in [3.63, 3.8) is 0 Å². The first kappa shape index (κ1) is 28.4. The number of phenolic OH excluding ortho intramolecular Hbond substituents is 1. The van der Waals surface area contributed by atoms with Crippen molar-refractivity contribution in [2.24, 2.45) is 5.92 Å². The van der Waals surface area contributed by atoms with Crippen LogP contribution < -0.4 is 9.47 Å². The van der Waals surface area contributed by atoms with Gasteiger partial charge in [-0.05, 0) is 55.7 Å². The Balaban J connectivity index is 1.27. The molecule has 3 aromatic rings. The van der Waals surface area contributed by atoms with E-state index in [4.69, 9.17) is 9.47 Å². The fourth-order valence-corrected chi connectivity index (χ4v) is 9.99. The number of benzene rings is 3. The molecule has 2 aliphatic heterocycles.